The molecule has 4 aliphatic rings. The first-order valence-corrected chi connectivity index (χ1v) is 13.8. The van der Waals surface area contributed by atoms with Gasteiger partial charge in [-0.3, -0.25) is 0 Å². The molecule has 2 saturated heterocycles. The first-order chi connectivity index (χ1) is 17.8. The minimum absolute atomic E-state index is 0.0663. The van der Waals surface area contributed by atoms with Crippen molar-refractivity contribution >= 4 is 0 Å². The molecule has 2 heterocycles. The predicted molar refractivity (Wildman–Crippen MR) is 133 cm³/mol. The molecule has 4 rings (SSSR count). The van der Waals surface area contributed by atoms with Crippen LogP contribution in [-0.2, 0) is 18.9 Å². The highest BCUT2D eigenvalue weighted by Gasteiger charge is 2.51. The summed E-state index contributed by atoms with van der Waals surface area (Å²) in [5.74, 6) is 0.906. The van der Waals surface area contributed by atoms with E-state index < -0.39 is 79.7 Å². The van der Waals surface area contributed by atoms with Gasteiger partial charge in [-0.15, -0.1) is 0 Å². The van der Waals surface area contributed by atoms with Gasteiger partial charge in [0.25, 0.3) is 0 Å². The minimum atomic E-state index is -1.51. The quantitative estimate of drug-likeness (QED) is 0.167. The molecule has 0 aromatic carbocycles. The van der Waals surface area contributed by atoms with Crippen molar-refractivity contribution in [2.75, 3.05) is 6.61 Å². The zero-order chi connectivity index (χ0) is 28.1. The summed E-state index contributed by atoms with van der Waals surface area (Å²) in [7, 11) is 0. The molecule has 11 nitrogen and oxygen atoms in total. The number of fused-ring (bicyclic) bond motifs is 1. The zero-order valence-corrected chi connectivity index (χ0v) is 22.7. The molecule has 7 N–H and O–H groups in total. The van der Waals surface area contributed by atoms with Crippen LogP contribution >= 0.6 is 0 Å². The monoisotopic (exact) mass is 546 g/mol. The lowest BCUT2D eigenvalue weighted by atomic mass is 9.58. The Labute approximate surface area is 224 Å². The Hall–Kier alpha value is -0.700. The van der Waals surface area contributed by atoms with Gasteiger partial charge in [-0.25, -0.2) is 0 Å². The number of hydrogen-bond acceptors (Lipinski definition) is 11. The fourth-order valence-electron chi connectivity index (χ4n) is 6.85. The first kappa shape index (κ1) is 30.3. The molecule has 4 fully saturated rings. The molecule has 0 unspecified atom stereocenters. The Bertz CT molecular complexity index is 821. The lowest BCUT2D eigenvalue weighted by Gasteiger charge is -2.52. The average molecular weight is 547 g/mol. The Morgan fingerprint density at radius 1 is 0.842 bits per heavy atom. The minimum Gasteiger partial charge on any atom is -0.394 e. The lowest BCUT2D eigenvalue weighted by molar-refractivity contribution is -0.324. The maximum atomic E-state index is 10.5. The van der Waals surface area contributed by atoms with Gasteiger partial charge in [-0.2, -0.15) is 0 Å². The van der Waals surface area contributed by atoms with Crippen LogP contribution in [0.2, 0.25) is 0 Å². The van der Waals surface area contributed by atoms with Gasteiger partial charge in [0.2, 0.25) is 0 Å². The lowest BCUT2D eigenvalue weighted by Crippen LogP contribution is -2.60. The number of rotatable bonds is 6. The van der Waals surface area contributed by atoms with E-state index in [1.54, 1.807) is 6.92 Å². The maximum Gasteiger partial charge on any atom is 0.187 e. The summed E-state index contributed by atoms with van der Waals surface area (Å²) in [6.07, 6.45) is -9.64. The third kappa shape index (κ3) is 5.71. The number of aliphatic hydroxyl groups is 7. The summed E-state index contributed by atoms with van der Waals surface area (Å²) in [5, 5.41) is 70.9. The molecule has 0 aromatic heterocycles. The van der Waals surface area contributed by atoms with Crippen LogP contribution < -0.4 is 0 Å². The van der Waals surface area contributed by atoms with Gasteiger partial charge in [-0.1, -0.05) is 13.5 Å². The molecule has 11 heteroatoms. The van der Waals surface area contributed by atoms with Crippen LogP contribution in [0.15, 0.2) is 12.2 Å². The largest absolute Gasteiger partial charge is 0.394 e. The van der Waals surface area contributed by atoms with E-state index in [1.807, 2.05) is 13.8 Å². The molecule has 2 saturated carbocycles. The van der Waals surface area contributed by atoms with Gasteiger partial charge in [0.1, 0.15) is 42.7 Å². The van der Waals surface area contributed by atoms with Gasteiger partial charge in [0.05, 0.1) is 24.4 Å². The van der Waals surface area contributed by atoms with Crippen molar-refractivity contribution in [1.82, 2.24) is 0 Å². The van der Waals surface area contributed by atoms with Crippen LogP contribution in [0.5, 0.6) is 0 Å². The molecular formula is C27H46O11. The molecule has 2 aliphatic heterocycles. The van der Waals surface area contributed by atoms with E-state index in [1.165, 1.54) is 0 Å². The highest BCUT2D eigenvalue weighted by molar-refractivity contribution is 5.16. The highest BCUT2D eigenvalue weighted by Crippen LogP contribution is 2.52. The maximum absolute atomic E-state index is 10.5. The predicted octanol–water partition coefficient (Wildman–Crippen LogP) is -0.577. The summed E-state index contributed by atoms with van der Waals surface area (Å²) >= 11 is 0. The Kier molecular flexibility index (Phi) is 9.28. The van der Waals surface area contributed by atoms with Crippen molar-refractivity contribution in [2.45, 2.75) is 126 Å². The van der Waals surface area contributed by atoms with E-state index in [9.17, 15) is 35.7 Å². The molecule has 0 aromatic rings. The number of hydrogen-bond donors (Lipinski definition) is 7. The van der Waals surface area contributed by atoms with Crippen LogP contribution in [0.4, 0.5) is 0 Å². The van der Waals surface area contributed by atoms with E-state index in [0.717, 1.165) is 24.8 Å². The molecule has 15 atom stereocenters. The van der Waals surface area contributed by atoms with E-state index in [2.05, 4.69) is 13.5 Å². The molecule has 2 aliphatic carbocycles. The summed E-state index contributed by atoms with van der Waals surface area (Å²) in [6, 6.07) is 0. The smallest absolute Gasteiger partial charge is 0.187 e. The second-order valence-electron chi connectivity index (χ2n) is 12.3. The summed E-state index contributed by atoms with van der Waals surface area (Å²) in [4.78, 5) is 0. The molecular weight excluding hydrogens is 500 g/mol. The number of ether oxygens (including phenoxy) is 4. The van der Waals surface area contributed by atoms with Crippen LogP contribution in [0, 0.1) is 23.7 Å². The summed E-state index contributed by atoms with van der Waals surface area (Å²) in [5.41, 5.74) is 0.143. The van der Waals surface area contributed by atoms with Crippen molar-refractivity contribution in [3.63, 3.8) is 0 Å². The van der Waals surface area contributed by atoms with Gasteiger partial charge < -0.3 is 54.7 Å². The fraction of sp³-hybridized carbons (Fsp3) is 0.926. The van der Waals surface area contributed by atoms with Gasteiger partial charge in [0, 0.05) is 0 Å². The molecule has 0 bridgehead atoms. The second kappa shape index (κ2) is 11.7. The van der Waals surface area contributed by atoms with E-state index in [-0.39, 0.29) is 11.8 Å². The van der Waals surface area contributed by atoms with Crippen molar-refractivity contribution < 1.29 is 54.7 Å². The molecule has 0 spiro atoms. The van der Waals surface area contributed by atoms with E-state index in [0.29, 0.717) is 18.3 Å². The number of aliphatic hydroxyl groups excluding tert-OH is 7. The highest BCUT2D eigenvalue weighted by atomic mass is 16.7. The standard InChI is InChI=1S/C27H46O11/c1-11-8-14(27(4,5)38-26-24(34)21(31)19(29)13(3)35-26)9-16-12(2)17(7-6-15(11)16)36-25-23(33)22(32)20(30)18(10-28)37-25/h11,13-26,28-34H,2,6-10H2,1,3-5H3/t11-,13+,14+,15+,16+,17-,18+,19-,20+,21-,22-,23+,24+,25+,26-/m0/s1. The molecule has 0 amide bonds. The van der Waals surface area contributed by atoms with E-state index in [4.69, 9.17) is 18.9 Å². The normalized spacial score (nSPS) is 50.5. The van der Waals surface area contributed by atoms with Gasteiger partial charge in [0.15, 0.2) is 12.6 Å². The second-order valence-corrected chi connectivity index (χ2v) is 12.3. The third-order valence-electron chi connectivity index (χ3n) is 9.45. The van der Waals surface area contributed by atoms with Crippen molar-refractivity contribution in [2.24, 2.45) is 23.7 Å². The molecule has 0 radical (unpaired) electrons. The van der Waals surface area contributed by atoms with Crippen molar-refractivity contribution in [3.05, 3.63) is 12.2 Å². The first-order valence-electron chi connectivity index (χ1n) is 13.8. The van der Waals surface area contributed by atoms with Gasteiger partial charge in [-0.05, 0) is 75.7 Å². The Balaban J connectivity index is 1.43. The SMILES string of the molecule is C=C1[C@@H](O[C@@H]2O[C@H](CO)[C@@H](O)[C@H](O)[C@H]2O)CC[C@H]2[C@@H]1C[C@H](C(C)(C)O[C@@H]1O[C@H](C)[C@H](O)[C@H](O)[C@H]1O)C[C@@H]2C. The molecule has 220 valence electrons. The van der Waals surface area contributed by atoms with Crippen molar-refractivity contribution in [3.8, 4) is 0 Å². The Morgan fingerprint density at radius 2 is 1.47 bits per heavy atom. The molecule has 38 heavy (non-hydrogen) atoms. The Morgan fingerprint density at radius 3 is 2.13 bits per heavy atom. The summed E-state index contributed by atoms with van der Waals surface area (Å²) in [6.45, 7) is 11.5. The van der Waals surface area contributed by atoms with Crippen LogP contribution in [0.1, 0.15) is 53.4 Å². The van der Waals surface area contributed by atoms with Crippen molar-refractivity contribution in [1.29, 1.82) is 0 Å². The summed E-state index contributed by atoms with van der Waals surface area (Å²) < 4.78 is 23.6. The zero-order valence-electron chi connectivity index (χ0n) is 22.7. The van der Waals surface area contributed by atoms with Crippen LogP contribution in [-0.4, -0.2) is 115 Å². The average Bonchev–Trinajstić information content (AvgIpc) is 2.87. The van der Waals surface area contributed by atoms with Crippen LogP contribution in [0.25, 0.3) is 0 Å². The van der Waals surface area contributed by atoms with Crippen LogP contribution in [0.3, 0.4) is 0 Å². The topological polar surface area (TPSA) is 179 Å². The third-order valence-corrected chi connectivity index (χ3v) is 9.45. The fourth-order valence-corrected chi connectivity index (χ4v) is 6.85. The van der Waals surface area contributed by atoms with Gasteiger partial charge >= 0.3 is 0 Å². The van der Waals surface area contributed by atoms with E-state index >= 15 is 0 Å².